The van der Waals surface area contributed by atoms with Gasteiger partial charge in [0.25, 0.3) is 0 Å². The van der Waals surface area contributed by atoms with Crippen LogP contribution in [0.1, 0.15) is 31.2 Å². The highest BCUT2D eigenvalue weighted by Gasteiger charge is 2.30. The normalized spacial score (nSPS) is 17.8. The van der Waals surface area contributed by atoms with Crippen LogP contribution < -0.4 is 10.5 Å². The second kappa shape index (κ2) is 6.97. The van der Waals surface area contributed by atoms with Gasteiger partial charge in [0.15, 0.2) is 0 Å². The first-order valence-corrected chi connectivity index (χ1v) is 7.14. The van der Waals surface area contributed by atoms with E-state index in [0.717, 1.165) is 11.3 Å². The number of likely N-dealkylation sites (N-methyl/N-ethyl adjacent to an activating group) is 1. The molecule has 6 nitrogen and oxygen atoms in total. The van der Waals surface area contributed by atoms with Gasteiger partial charge in [0.2, 0.25) is 5.91 Å². The molecule has 1 amide bonds. The Bertz CT molecular complexity index is 531. The molecular formula is C15H21N3O3. The van der Waals surface area contributed by atoms with Crippen molar-refractivity contribution >= 4 is 11.7 Å². The predicted molar refractivity (Wildman–Crippen MR) is 79.6 cm³/mol. The number of carbonyl (C=O) groups is 1. The lowest BCUT2D eigenvalue weighted by Gasteiger charge is -2.30. The Morgan fingerprint density at radius 1 is 1.52 bits per heavy atom. The fourth-order valence-corrected chi connectivity index (χ4v) is 2.54. The number of fused-ring (bicyclic) bond motifs is 1. The van der Waals surface area contributed by atoms with Crippen LogP contribution in [0.25, 0.3) is 0 Å². The highest BCUT2D eigenvalue weighted by molar-refractivity contribution is 5.86. The molecule has 0 bridgehead atoms. The molecule has 1 aromatic carbocycles. The second-order valence-corrected chi connectivity index (χ2v) is 4.99. The molecule has 3 N–H and O–H groups in total. The Labute approximate surface area is 124 Å². The first-order chi connectivity index (χ1) is 10.2. The van der Waals surface area contributed by atoms with Crippen molar-refractivity contribution in [2.24, 2.45) is 10.9 Å². The van der Waals surface area contributed by atoms with Crippen LogP contribution in [0.5, 0.6) is 5.75 Å². The number of hydrogen-bond donors (Lipinski definition) is 2. The van der Waals surface area contributed by atoms with Crippen LogP contribution in [0.2, 0.25) is 0 Å². The smallest absolute Gasteiger partial charge is 0.230 e. The number of hydrogen-bond acceptors (Lipinski definition) is 4. The van der Waals surface area contributed by atoms with E-state index in [1.54, 1.807) is 4.90 Å². The SMILES string of the molecule is CCN(CCC(N)=NO)C(=O)C1CCOc2ccccc21. The van der Waals surface area contributed by atoms with Crippen LogP contribution in [0.4, 0.5) is 0 Å². The average molecular weight is 291 g/mol. The molecule has 6 heteroatoms. The third kappa shape index (κ3) is 3.45. The molecule has 0 aliphatic carbocycles. The largest absolute Gasteiger partial charge is 0.493 e. The van der Waals surface area contributed by atoms with Crippen molar-refractivity contribution in [1.29, 1.82) is 0 Å². The summed E-state index contributed by atoms with van der Waals surface area (Å²) in [6.45, 7) is 3.52. The van der Waals surface area contributed by atoms with E-state index < -0.39 is 0 Å². The molecular weight excluding hydrogens is 270 g/mol. The number of ether oxygens (including phenoxy) is 1. The van der Waals surface area contributed by atoms with Crippen LogP contribution >= 0.6 is 0 Å². The van der Waals surface area contributed by atoms with E-state index in [-0.39, 0.29) is 17.7 Å². The van der Waals surface area contributed by atoms with E-state index in [9.17, 15) is 4.79 Å². The predicted octanol–water partition coefficient (Wildman–Crippen LogP) is 1.54. The quantitative estimate of drug-likeness (QED) is 0.373. The first kappa shape index (κ1) is 15.2. The molecule has 2 rings (SSSR count). The number of rotatable bonds is 5. The molecule has 0 saturated carbocycles. The molecule has 0 spiro atoms. The Morgan fingerprint density at radius 3 is 3.00 bits per heavy atom. The third-order valence-electron chi connectivity index (χ3n) is 3.72. The summed E-state index contributed by atoms with van der Waals surface area (Å²) in [5.74, 6) is 0.810. The van der Waals surface area contributed by atoms with Gasteiger partial charge in [0.1, 0.15) is 11.6 Å². The molecule has 1 atom stereocenters. The Kier molecular flexibility index (Phi) is 5.03. The zero-order valence-electron chi connectivity index (χ0n) is 12.2. The number of oxime groups is 1. The van der Waals surface area contributed by atoms with Gasteiger partial charge >= 0.3 is 0 Å². The minimum absolute atomic E-state index is 0.0685. The van der Waals surface area contributed by atoms with Crippen molar-refractivity contribution in [3.8, 4) is 5.75 Å². The van der Waals surface area contributed by atoms with Gasteiger partial charge in [-0.3, -0.25) is 4.79 Å². The maximum absolute atomic E-state index is 12.7. The first-order valence-electron chi connectivity index (χ1n) is 7.14. The molecule has 0 fully saturated rings. The van der Waals surface area contributed by atoms with Crippen LogP contribution in [-0.4, -0.2) is 41.5 Å². The lowest BCUT2D eigenvalue weighted by atomic mass is 9.91. The van der Waals surface area contributed by atoms with E-state index in [0.29, 0.717) is 32.5 Å². The Morgan fingerprint density at radius 2 is 2.29 bits per heavy atom. The summed E-state index contributed by atoms with van der Waals surface area (Å²) in [7, 11) is 0. The number of amidine groups is 1. The highest BCUT2D eigenvalue weighted by atomic mass is 16.5. The average Bonchev–Trinajstić information content (AvgIpc) is 2.54. The lowest BCUT2D eigenvalue weighted by molar-refractivity contribution is -0.133. The number of amides is 1. The van der Waals surface area contributed by atoms with Gasteiger partial charge in [-0.05, 0) is 19.4 Å². The van der Waals surface area contributed by atoms with Gasteiger partial charge in [-0.15, -0.1) is 0 Å². The maximum Gasteiger partial charge on any atom is 0.230 e. The molecule has 1 aromatic rings. The molecule has 1 unspecified atom stereocenters. The van der Waals surface area contributed by atoms with Crippen molar-refractivity contribution < 1.29 is 14.7 Å². The third-order valence-corrected chi connectivity index (χ3v) is 3.72. The van der Waals surface area contributed by atoms with Crippen molar-refractivity contribution in [2.75, 3.05) is 19.7 Å². The Hall–Kier alpha value is -2.24. The van der Waals surface area contributed by atoms with E-state index in [1.165, 1.54) is 0 Å². The summed E-state index contributed by atoms with van der Waals surface area (Å²) in [5, 5.41) is 11.5. The second-order valence-electron chi connectivity index (χ2n) is 4.99. The van der Waals surface area contributed by atoms with E-state index in [4.69, 9.17) is 15.7 Å². The number of para-hydroxylation sites is 1. The minimum atomic E-state index is -0.179. The molecule has 0 aromatic heterocycles. The fourth-order valence-electron chi connectivity index (χ4n) is 2.54. The number of nitrogens with zero attached hydrogens (tertiary/aromatic N) is 2. The van der Waals surface area contributed by atoms with Gasteiger partial charge in [0, 0.05) is 25.1 Å². The summed E-state index contributed by atoms with van der Waals surface area (Å²) in [6, 6.07) is 7.65. The fraction of sp³-hybridized carbons (Fsp3) is 0.467. The number of nitrogens with two attached hydrogens (primary N) is 1. The van der Waals surface area contributed by atoms with Crippen LogP contribution in [0.15, 0.2) is 29.4 Å². The van der Waals surface area contributed by atoms with Gasteiger partial charge < -0.3 is 20.6 Å². The van der Waals surface area contributed by atoms with Crippen LogP contribution in [0, 0.1) is 0 Å². The molecule has 1 aliphatic heterocycles. The lowest BCUT2D eigenvalue weighted by Crippen LogP contribution is -2.38. The van der Waals surface area contributed by atoms with Crippen LogP contribution in [0.3, 0.4) is 0 Å². The summed E-state index contributed by atoms with van der Waals surface area (Å²) in [6.07, 6.45) is 1.04. The van der Waals surface area contributed by atoms with Gasteiger partial charge in [0.05, 0.1) is 12.5 Å². The maximum atomic E-state index is 12.7. The van der Waals surface area contributed by atoms with Gasteiger partial charge in [-0.1, -0.05) is 23.4 Å². The van der Waals surface area contributed by atoms with Crippen molar-refractivity contribution in [3.05, 3.63) is 29.8 Å². The molecule has 1 aliphatic rings. The Balaban J connectivity index is 2.11. The molecule has 21 heavy (non-hydrogen) atoms. The van der Waals surface area contributed by atoms with E-state index in [1.807, 2.05) is 31.2 Å². The van der Waals surface area contributed by atoms with E-state index in [2.05, 4.69) is 5.16 Å². The molecule has 114 valence electrons. The molecule has 0 saturated heterocycles. The number of benzene rings is 1. The van der Waals surface area contributed by atoms with Gasteiger partial charge in [-0.25, -0.2) is 0 Å². The molecule has 1 heterocycles. The monoisotopic (exact) mass is 291 g/mol. The van der Waals surface area contributed by atoms with Crippen molar-refractivity contribution in [3.63, 3.8) is 0 Å². The van der Waals surface area contributed by atoms with E-state index >= 15 is 0 Å². The standard InChI is InChI=1S/C15H21N3O3/c1-2-18(9-7-14(16)17-20)15(19)12-8-10-21-13-6-4-3-5-11(12)13/h3-6,12,20H,2,7-10H2,1H3,(H2,16,17). The summed E-state index contributed by atoms with van der Waals surface area (Å²) < 4.78 is 5.59. The summed E-state index contributed by atoms with van der Waals surface area (Å²) in [4.78, 5) is 14.5. The zero-order valence-corrected chi connectivity index (χ0v) is 12.2. The minimum Gasteiger partial charge on any atom is -0.493 e. The molecule has 0 radical (unpaired) electrons. The van der Waals surface area contributed by atoms with Crippen molar-refractivity contribution in [1.82, 2.24) is 4.90 Å². The van der Waals surface area contributed by atoms with Crippen molar-refractivity contribution in [2.45, 2.75) is 25.7 Å². The number of carbonyl (C=O) groups excluding carboxylic acids is 1. The zero-order chi connectivity index (χ0) is 15.2. The summed E-state index contributed by atoms with van der Waals surface area (Å²) in [5.41, 5.74) is 6.41. The topological polar surface area (TPSA) is 88.1 Å². The summed E-state index contributed by atoms with van der Waals surface area (Å²) >= 11 is 0. The van der Waals surface area contributed by atoms with Gasteiger partial charge in [-0.2, -0.15) is 0 Å². The highest BCUT2D eigenvalue weighted by Crippen LogP contribution is 2.34. The van der Waals surface area contributed by atoms with Crippen LogP contribution in [-0.2, 0) is 4.79 Å².